The summed E-state index contributed by atoms with van der Waals surface area (Å²) in [6, 6.07) is 0.470. The summed E-state index contributed by atoms with van der Waals surface area (Å²) < 4.78 is 25.8. The van der Waals surface area contributed by atoms with Crippen molar-refractivity contribution < 1.29 is 8.42 Å². The molecule has 17 heavy (non-hydrogen) atoms. The van der Waals surface area contributed by atoms with Crippen LogP contribution < -0.4 is 5.32 Å². The zero-order chi connectivity index (χ0) is 12.9. The first-order valence-corrected chi connectivity index (χ1v) is 8.33. The summed E-state index contributed by atoms with van der Waals surface area (Å²) >= 11 is 0. The highest BCUT2D eigenvalue weighted by Gasteiger charge is 2.31. The van der Waals surface area contributed by atoms with Crippen LogP contribution in [0.4, 0.5) is 0 Å². The highest BCUT2D eigenvalue weighted by atomic mass is 32.2. The molecular weight excluding hydrogens is 236 g/mol. The summed E-state index contributed by atoms with van der Waals surface area (Å²) in [7, 11) is -3.01. The fraction of sp³-hybridized carbons (Fsp3) is 1.00. The number of sulfonamides is 1. The predicted octanol–water partition coefficient (Wildman–Crippen LogP) is 1.44. The molecule has 0 aromatic rings. The van der Waals surface area contributed by atoms with Crippen LogP contribution in [0.2, 0.25) is 0 Å². The molecular formula is C12H26N2O2S. The molecule has 1 saturated heterocycles. The maximum atomic E-state index is 12.1. The van der Waals surface area contributed by atoms with Crippen LogP contribution in [0.1, 0.15) is 40.0 Å². The molecule has 4 nitrogen and oxygen atoms in total. The van der Waals surface area contributed by atoms with Gasteiger partial charge in [0.1, 0.15) is 0 Å². The monoisotopic (exact) mass is 262 g/mol. The minimum atomic E-state index is -3.01. The van der Waals surface area contributed by atoms with Gasteiger partial charge in [-0.25, -0.2) is 12.7 Å². The van der Waals surface area contributed by atoms with E-state index >= 15 is 0 Å². The molecule has 2 unspecified atom stereocenters. The van der Waals surface area contributed by atoms with E-state index in [0.29, 0.717) is 30.8 Å². The van der Waals surface area contributed by atoms with Crippen LogP contribution in [-0.4, -0.2) is 44.2 Å². The normalized spacial score (nSPS) is 27.2. The fourth-order valence-electron chi connectivity index (χ4n) is 2.38. The molecule has 0 aromatic heterocycles. The maximum absolute atomic E-state index is 12.1. The Kier molecular flexibility index (Phi) is 5.89. The number of nitrogens with one attached hydrogen (secondary N) is 1. The second kappa shape index (κ2) is 6.71. The van der Waals surface area contributed by atoms with Crippen LogP contribution in [-0.2, 0) is 10.0 Å². The average molecular weight is 262 g/mol. The molecule has 2 atom stereocenters. The number of unbranched alkanes of at least 4 members (excludes halogenated alkanes) is 1. The number of hydrogen-bond acceptors (Lipinski definition) is 3. The molecule has 0 aromatic carbocycles. The van der Waals surface area contributed by atoms with E-state index in [1.54, 1.807) is 4.31 Å². The Hall–Kier alpha value is -0.130. The van der Waals surface area contributed by atoms with Crippen molar-refractivity contribution >= 4 is 10.0 Å². The molecule has 1 aliphatic rings. The first-order chi connectivity index (χ1) is 8.01. The van der Waals surface area contributed by atoms with E-state index in [1.807, 2.05) is 6.92 Å². The molecule has 0 bridgehead atoms. The molecule has 1 aliphatic heterocycles. The quantitative estimate of drug-likeness (QED) is 0.788. The van der Waals surface area contributed by atoms with Gasteiger partial charge in [0, 0.05) is 19.1 Å². The Morgan fingerprint density at radius 1 is 1.35 bits per heavy atom. The maximum Gasteiger partial charge on any atom is 0.214 e. The van der Waals surface area contributed by atoms with E-state index in [-0.39, 0.29) is 0 Å². The molecule has 5 heteroatoms. The van der Waals surface area contributed by atoms with Gasteiger partial charge in [0.25, 0.3) is 0 Å². The highest BCUT2D eigenvalue weighted by Crippen LogP contribution is 2.20. The van der Waals surface area contributed by atoms with Gasteiger partial charge in [0.15, 0.2) is 0 Å². The third kappa shape index (κ3) is 4.23. The highest BCUT2D eigenvalue weighted by molar-refractivity contribution is 7.89. The molecule has 0 radical (unpaired) electrons. The molecule has 0 saturated carbocycles. The van der Waals surface area contributed by atoms with Crippen molar-refractivity contribution in [1.82, 2.24) is 9.62 Å². The average Bonchev–Trinajstić information content (AvgIpc) is 2.29. The summed E-state index contributed by atoms with van der Waals surface area (Å²) in [6.07, 6.45) is 2.63. The smallest absolute Gasteiger partial charge is 0.214 e. The van der Waals surface area contributed by atoms with Crippen molar-refractivity contribution in [2.45, 2.75) is 46.1 Å². The van der Waals surface area contributed by atoms with E-state index in [0.717, 1.165) is 25.8 Å². The summed E-state index contributed by atoms with van der Waals surface area (Å²) in [4.78, 5) is 0. The molecule has 1 heterocycles. The standard InChI is InChI=1S/C12H26N2O2S/c1-4-6-9-17(15,16)14-8-7-12(13-5-2)11(3)10-14/h11-13H,4-10H2,1-3H3. The molecule has 102 valence electrons. The number of hydrogen-bond donors (Lipinski definition) is 1. The van der Waals surface area contributed by atoms with E-state index in [9.17, 15) is 8.42 Å². The Balaban J connectivity index is 2.54. The van der Waals surface area contributed by atoms with Crippen molar-refractivity contribution in [3.05, 3.63) is 0 Å². The minimum Gasteiger partial charge on any atom is -0.314 e. The lowest BCUT2D eigenvalue weighted by molar-refractivity contribution is 0.222. The fourth-order valence-corrected chi connectivity index (χ4v) is 4.14. The summed E-state index contributed by atoms with van der Waals surface area (Å²) in [5, 5.41) is 3.43. The third-order valence-electron chi connectivity index (χ3n) is 3.48. The number of piperidine rings is 1. The van der Waals surface area contributed by atoms with Gasteiger partial charge in [-0.2, -0.15) is 0 Å². The van der Waals surface area contributed by atoms with E-state index in [1.165, 1.54) is 0 Å². The Morgan fingerprint density at radius 3 is 2.59 bits per heavy atom. The largest absolute Gasteiger partial charge is 0.314 e. The van der Waals surface area contributed by atoms with Gasteiger partial charge in [-0.05, 0) is 25.3 Å². The van der Waals surface area contributed by atoms with E-state index in [2.05, 4.69) is 19.2 Å². The van der Waals surface area contributed by atoms with Crippen molar-refractivity contribution in [2.75, 3.05) is 25.4 Å². The Morgan fingerprint density at radius 2 is 2.06 bits per heavy atom. The van der Waals surface area contributed by atoms with Crippen LogP contribution >= 0.6 is 0 Å². The molecule has 0 spiro atoms. The van der Waals surface area contributed by atoms with Crippen LogP contribution in [0.25, 0.3) is 0 Å². The molecule has 1 fully saturated rings. The summed E-state index contributed by atoms with van der Waals surface area (Å²) in [6.45, 7) is 8.55. The number of nitrogens with zero attached hydrogens (tertiary/aromatic N) is 1. The Labute approximate surface area is 106 Å². The minimum absolute atomic E-state index is 0.308. The van der Waals surface area contributed by atoms with E-state index in [4.69, 9.17) is 0 Å². The van der Waals surface area contributed by atoms with Gasteiger partial charge in [-0.1, -0.05) is 27.2 Å². The zero-order valence-electron chi connectivity index (χ0n) is 11.3. The van der Waals surface area contributed by atoms with Gasteiger partial charge in [-0.3, -0.25) is 0 Å². The topological polar surface area (TPSA) is 49.4 Å². The van der Waals surface area contributed by atoms with Crippen LogP contribution in [0, 0.1) is 5.92 Å². The SMILES string of the molecule is CCCCS(=O)(=O)N1CCC(NCC)C(C)C1. The lowest BCUT2D eigenvalue weighted by Gasteiger charge is -2.36. The first-order valence-electron chi connectivity index (χ1n) is 6.72. The summed E-state index contributed by atoms with van der Waals surface area (Å²) in [5.74, 6) is 0.711. The van der Waals surface area contributed by atoms with Gasteiger partial charge in [0.2, 0.25) is 10.0 Å². The predicted molar refractivity (Wildman–Crippen MR) is 71.5 cm³/mol. The van der Waals surface area contributed by atoms with Crippen molar-refractivity contribution in [3.63, 3.8) is 0 Å². The van der Waals surface area contributed by atoms with Crippen LogP contribution in [0.5, 0.6) is 0 Å². The van der Waals surface area contributed by atoms with Crippen molar-refractivity contribution in [1.29, 1.82) is 0 Å². The molecule has 0 aliphatic carbocycles. The second-order valence-electron chi connectivity index (χ2n) is 4.96. The van der Waals surface area contributed by atoms with E-state index < -0.39 is 10.0 Å². The molecule has 1 N–H and O–H groups in total. The van der Waals surface area contributed by atoms with Crippen molar-refractivity contribution in [3.8, 4) is 0 Å². The van der Waals surface area contributed by atoms with Crippen molar-refractivity contribution in [2.24, 2.45) is 5.92 Å². The Bertz CT molecular complexity index is 316. The van der Waals surface area contributed by atoms with Gasteiger partial charge >= 0.3 is 0 Å². The number of rotatable bonds is 6. The molecule has 0 amide bonds. The first kappa shape index (κ1) is 14.9. The molecule has 1 rings (SSSR count). The van der Waals surface area contributed by atoms with Crippen LogP contribution in [0.3, 0.4) is 0 Å². The third-order valence-corrected chi connectivity index (χ3v) is 5.41. The zero-order valence-corrected chi connectivity index (χ0v) is 12.1. The van der Waals surface area contributed by atoms with Gasteiger partial charge < -0.3 is 5.32 Å². The van der Waals surface area contributed by atoms with Gasteiger partial charge in [-0.15, -0.1) is 0 Å². The lowest BCUT2D eigenvalue weighted by atomic mass is 9.95. The van der Waals surface area contributed by atoms with Crippen LogP contribution in [0.15, 0.2) is 0 Å². The second-order valence-corrected chi connectivity index (χ2v) is 7.05. The van der Waals surface area contributed by atoms with Gasteiger partial charge in [0.05, 0.1) is 5.75 Å². The lowest BCUT2D eigenvalue weighted by Crippen LogP contribution is -2.50. The summed E-state index contributed by atoms with van der Waals surface area (Å²) in [5.41, 5.74) is 0.